The van der Waals surface area contributed by atoms with E-state index in [1.165, 1.54) is 18.2 Å². The Morgan fingerprint density at radius 2 is 1.80 bits per heavy atom. The predicted molar refractivity (Wildman–Crippen MR) is 104 cm³/mol. The van der Waals surface area contributed by atoms with Gasteiger partial charge >= 0.3 is 6.18 Å². The number of amides is 1. The molecule has 0 aromatic heterocycles. The molecule has 3 rings (SSSR count). The third-order valence-corrected chi connectivity index (χ3v) is 5.50. The molecular formula is C22H24F3NO4. The fourth-order valence-electron chi connectivity index (χ4n) is 3.79. The summed E-state index contributed by atoms with van der Waals surface area (Å²) in [5.74, 6) is 0.306. The zero-order valence-corrected chi connectivity index (χ0v) is 16.5. The third-order valence-electron chi connectivity index (χ3n) is 5.50. The van der Waals surface area contributed by atoms with E-state index in [1.807, 2.05) is 0 Å². The van der Waals surface area contributed by atoms with Crippen LogP contribution in [0.15, 0.2) is 48.5 Å². The summed E-state index contributed by atoms with van der Waals surface area (Å²) in [5, 5.41) is 13.0. The quantitative estimate of drug-likeness (QED) is 0.745. The lowest BCUT2D eigenvalue weighted by atomic mass is 9.73. The van der Waals surface area contributed by atoms with E-state index in [1.54, 1.807) is 31.4 Å². The zero-order chi connectivity index (χ0) is 21.8. The fourth-order valence-corrected chi connectivity index (χ4v) is 3.79. The Morgan fingerprint density at radius 1 is 1.17 bits per heavy atom. The molecule has 1 aliphatic rings. The van der Waals surface area contributed by atoms with Gasteiger partial charge in [0.05, 0.1) is 24.2 Å². The van der Waals surface area contributed by atoms with E-state index in [4.69, 9.17) is 9.47 Å². The third kappa shape index (κ3) is 4.60. The number of ether oxygens (including phenoxy) is 2. The van der Waals surface area contributed by atoms with E-state index in [9.17, 15) is 23.1 Å². The van der Waals surface area contributed by atoms with Gasteiger partial charge in [-0.2, -0.15) is 13.2 Å². The van der Waals surface area contributed by atoms with Gasteiger partial charge in [-0.25, -0.2) is 0 Å². The van der Waals surface area contributed by atoms with Gasteiger partial charge in [-0.15, -0.1) is 0 Å². The number of halogens is 3. The number of aliphatic hydroxyl groups excluding tert-OH is 1. The van der Waals surface area contributed by atoms with Gasteiger partial charge in [0.25, 0.3) is 0 Å². The number of hydrogen-bond acceptors (Lipinski definition) is 4. The van der Waals surface area contributed by atoms with E-state index in [0.29, 0.717) is 31.8 Å². The summed E-state index contributed by atoms with van der Waals surface area (Å²) >= 11 is 0. The molecule has 0 spiro atoms. The van der Waals surface area contributed by atoms with Crippen LogP contribution < -0.4 is 10.1 Å². The second kappa shape index (κ2) is 9.06. The second-order valence-electron chi connectivity index (χ2n) is 7.23. The Bertz CT molecular complexity index is 861. The summed E-state index contributed by atoms with van der Waals surface area (Å²) in [6, 6.07) is 11.9. The van der Waals surface area contributed by atoms with E-state index < -0.39 is 23.3 Å². The van der Waals surface area contributed by atoms with Crippen molar-refractivity contribution in [2.45, 2.75) is 30.5 Å². The Morgan fingerprint density at radius 3 is 2.40 bits per heavy atom. The highest BCUT2D eigenvalue weighted by atomic mass is 19.4. The monoisotopic (exact) mass is 423 g/mol. The Kier molecular flexibility index (Phi) is 6.67. The summed E-state index contributed by atoms with van der Waals surface area (Å²) in [4.78, 5) is 13.2. The summed E-state index contributed by atoms with van der Waals surface area (Å²) in [6.07, 6.45) is -5.22. The van der Waals surface area contributed by atoms with Crippen molar-refractivity contribution in [3.63, 3.8) is 0 Å². The van der Waals surface area contributed by atoms with Crippen LogP contribution in [-0.2, 0) is 21.1 Å². The molecule has 162 valence electrons. The van der Waals surface area contributed by atoms with Crippen molar-refractivity contribution in [1.29, 1.82) is 0 Å². The van der Waals surface area contributed by atoms with Gasteiger partial charge < -0.3 is 19.9 Å². The predicted octanol–water partition coefficient (Wildman–Crippen LogP) is 3.61. The van der Waals surface area contributed by atoms with E-state index in [2.05, 4.69) is 5.32 Å². The highest BCUT2D eigenvalue weighted by Gasteiger charge is 2.42. The molecule has 5 nitrogen and oxygen atoms in total. The maximum atomic E-state index is 13.2. The van der Waals surface area contributed by atoms with E-state index in [0.717, 1.165) is 11.6 Å². The minimum Gasteiger partial charge on any atom is -0.497 e. The average Bonchev–Trinajstić information content (AvgIpc) is 2.77. The van der Waals surface area contributed by atoms with Gasteiger partial charge in [-0.05, 0) is 42.2 Å². The van der Waals surface area contributed by atoms with Crippen molar-refractivity contribution in [2.24, 2.45) is 0 Å². The molecule has 1 saturated heterocycles. The first-order valence-corrected chi connectivity index (χ1v) is 9.63. The van der Waals surface area contributed by atoms with Gasteiger partial charge in [-0.3, -0.25) is 4.79 Å². The molecule has 2 aromatic rings. The first-order valence-electron chi connectivity index (χ1n) is 9.63. The normalized spacial score (nSPS) is 17.2. The SMILES string of the molecule is COc1ccc(C2(C(=O)NCC(O)c3ccccc3C(F)(F)F)CCOCC2)cc1. The first-order chi connectivity index (χ1) is 14.3. The van der Waals surface area contributed by atoms with Crippen LogP contribution in [0.5, 0.6) is 5.75 Å². The molecule has 1 heterocycles. The van der Waals surface area contributed by atoms with Crippen LogP contribution in [0.3, 0.4) is 0 Å². The van der Waals surface area contributed by atoms with Crippen molar-refractivity contribution < 1.29 is 32.5 Å². The van der Waals surface area contributed by atoms with Crippen molar-refractivity contribution >= 4 is 5.91 Å². The molecule has 1 aliphatic heterocycles. The molecular weight excluding hydrogens is 399 g/mol. The number of benzene rings is 2. The maximum Gasteiger partial charge on any atom is 0.416 e. The summed E-state index contributed by atoms with van der Waals surface area (Å²) in [6.45, 7) is 0.447. The number of alkyl halides is 3. The minimum absolute atomic E-state index is 0.268. The lowest BCUT2D eigenvalue weighted by molar-refractivity contribution is -0.139. The number of hydrogen-bond donors (Lipinski definition) is 2. The highest BCUT2D eigenvalue weighted by molar-refractivity contribution is 5.88. The van der Waals surface area contributed by atoms with Crippen LogP contribution >= 0.6 is 0 Å². The van der Waals surface area contributed by atoms with Gasteiger partial charge in [0.2, 0.25) is 5.91 Å². The van der Waals surface area contributed by atoms with Gasteiger partial charge in [0.1, 0.15) is 5.75 Å². The fraction of sp³-hybridized carbons (Fsp3) is 0.409. The van der Waals surface area contributed by atoms with Gasteiger partial charge in [0, 0.05) is 19.8 Å². The number of carbonyl (C=O) groups excluding carboxylic acids is 1. The lowest BCUT2D eigenvalue weighted by Gasteiger charge is -2.36. The topological polar surface area (TPSA) is 67.8 Å². The van der Waals surface area contributed by atoms with Crippen molar-refractivity contribution in [1.82, 2.24) is 5.32 Å². The van der Waals surface area contributed by atoms with Gasteiger partial charge in [-0.1, -0.05) is 30.3 Å². The minimum atomic E-state index is -4.59. The number of rotatable bonds is 6. The van der Waals surface area contributed by atoms with Crippen molar-refractivity contribution in [3.8, 4) is 5.75 Å². The van der Waals surface area contributed by atoms with Crippen molar-refractivity contribution in [2.75, 3.05) is 26.9 Å². The van der Waals surface area contributed by atoms with Crippen molar-refractivity contribution in [3.05, 3.63) is 65.2 Å². The summed E-state index contributed by atoms with van der Waals surface area (Å²) < 4.78 is 50.2. The maximum absolute atomic E-state index is 13.2. The number of aliphatic hydroxyl groups is 1. The van der Waals surface area contributed by atoms with Crippen LogP contribution in [0.1, 0.15) is 35.6 Å². The number of carbonyl (C=O) groups is 1. The van der Waals surface area contributed by atoms with Gasteiger partial charge in [0.15, 0.2) is 0 Å². The molecule has 0 bridgehead atoms. The van der Waals surface area contributed by atoms with Crippen LogP contribution in [0.2, 0.25) is 0 Å². The molecule has 8 heteroatoms. The average molecular weight is 423 g/mol. The van der Waals surface area contributed by atoms with Crippen LogP contribution in [0, 0.1) is 0 Å². The summed E-state index contributed by atoms with van der Waals surface area (Å²) in [5.41, 5.74) is -1.29. The Labute approximate surface area is 172 Å². The summed E-state index contributed by atoms with van der Waals surface area (Å²) in [7, 11) is 1.55. The molecule has 2 N–H and O–H groups in total. The highest BCUT2D eigenvalue weighted by Crippen LogP contribution is 2.37. The molecule has 30 heavy (non-hydrogen) atoms. The smallest absolute Gasteiger partial charge is 0.416 e. The van der Waals surface area contributed by atoms with Crippen LogP contribution in [-0.4, -0.2) is 37.9 Å². The Hall–Kier alpha value is -2.58. The molecule has 0 aliphatic carbocycles. The Balaban J connectivity index is 1.79. The molecule has 0 radical (unpaired) electrons. The second-order valence-corrected chi connectivity index (χ2v) is 7.23. The van der Waals surface area contributed by atoms with E-state index >= 15 is 0 Å². The largest absolute Gasteiger partial charge is 0.497 e. The molecule has 1 fully saturated rings. The first kappa shape index (κ1) is 22.1. The van der Waals surface area contributed by atoms with Crippen LogP contribution in [0.4, 0.5) is 13.2 Å². The number of methoxy groups -OCH3 is 1. The van der Waals surface area contributed by atoms with Crippen LogP contribution in [0.25, 0.3) is 0 Å². The standard InChI is InChI=1S/C22H24F3NO4/c1-29-16-8-6-15(7-9-16)21(10-12-30-13-11-21)20(28)26-14-19(27)17-4-2-3-5-18(17)22(23,24)25/h2-9,19,27H,10-14H2,1H3,(H,26,28). The molecule has 1 unspecified atom stereocenters. The lowest BCUT2D eigenvalue weighted by Crippen LogP contribution is -2.49. The zero-order valence-electron chi connectivity index (χ0n) is 16.5. The molecule has 1 amide bonds. The molecule has 2 aromatic carbocycles. The number of nitrogens with one attached hydrogen (secondary N) is 1. The molecule has 1 atom stereocenters. The molecule has 0 saturated carbocycles. The van der Waals surface area contributed by atoms with E-state index in [-0.39, 0.29) is 18.0 Å².